The number of pyridine rings is 1. The van der Waals surface area contributed by atoms with Gasteiger partial charge in [0.2, 0.25) is 6.04 Å². The van der Waals surface area contributed by atoms with E-state index in [1.807, 2.05) is 0 Å². The number of nitrogens with one attached hydrogen (secondary N) is 1. The van der Waals surface area contributed by atoms with E-state index in [4.69, 9.17) is 17.3 Å². The molecule has 16 heteroatoms. The highest BCUT2D eigenvalue weighted by molar-refractivity contribution is 8.03. The third kappa shape index (κ3) is 4.10. The molecule has 0 aliphatic carbocycles. The average molecular weight is 531 g/mol. The number of nitrogens with two attached hydrogens (primary N) is 1. The Hall–Kier alpha value is -3.17. The van der Waals surface area contributed by atoms with Crippen LogP contribution < -0.4 is 11.1 Å². The van der Waals surface area contributed by atoms with Gasteiger partial charge in [-0.3, -0.25) is 19.5 Å². The highest BCUT2D eigenvalue weighted by Gasteiger charge is 2.54. The molecular formula is C18H13ClF2N6O5S2. The highest BCUT2D eigenvalue weighted by atomic mass is 35.5. The molecule has 2 aromatic heterocycles. The number of aromatic nitrogens is 2. The Morgan fingerprint density at radius 1 is 1.41 bits per heavy atom. The van der Waals surface area contributed by atoms with Gasteiger partial charge in [-0.05, 0) is 18.0 Å². The molecule has 4 heterocycles. The third-order valence-electron chi connectivity index (χ3n) is 5.17. The van der Waals surface area contributed by atoms with E-state index in [0.717, 1.165) is 22.4 Å². The topological polar surface area (TPSA) is 168 Å². The summed E-state index contributed by atoms with van der Waals surface area (Å²) in [5.74, 6) is -5.53. The molecule has 4 rings (SSSR count). The van der Waals surface area contributed by atoms with Crippen molar-refractivity contribution in [2.45, 2.75) is 35.9 Å². The van der Waals surface area contributed by atoms with Crippen molar-refractivity contribution in [1.29, 1.82) is 0 Å². The molecule has 178 valence electrons. The van der Waals surface area contributed by atoms with Crippen LogP contribution in [0.2, 0.25) is 4.34 Å². The van der Waals surface area contributed by atoms with Crippen molar-refractivity contribution in [2.75, 3.05) is 5.73 Å². The zero-order valence-corrected chi connectivity index (χ0v) is 19.1. The number of thioether (sulfide) groups is 1. The summed E-state index contributed by atoms with van der Waals surface area (Å²) in [6, 6.07) is -3.51. The van der Waals surface area contributed by atoms with Gasteiger partial charge in [0.25, 0.3) is 11.8 Å². The van der Waals surface area contributed by atoms with Gasteiger partial charge in [-0.15, -0.1) is 4.91 Å². The number of aliphatic carboxylic acids is 1. The van der Waals surface area contributed by atoms with Crippen LogP contribution in [0.5, 0.6) is 0 Å². The second kappa shape index (κ2) is 9.23. The summed E-state index contributed by atoms with van der Waals surface area (Å²) in [5.41, 5.74) is 4.97. The van der Waals surface area contributed by atoms with Gasteiger partial charge in [0, 0.05) is 11.1 Å². The van der Waals surface area contributed by atoms with Crippen molar-refractivity contribution >= 4 is 57.6 Å². The minimum atomic E-state index is -1.66. The molecule has 2 aromatic rings. The van der Waals surface area contributed by atoms with E-state index in [1.54, 1.807) is 0 Å². The molecule has 2 aliphatic rings. The smallest absolute Gasteiger partial charge is 0.353 e. The van der Waals surface area contributed by atoms with Gasteiger partial charge in [-0.25, -0.2) is 18.6 Å². The number of β-lactam (4-membered cyclic amide) rings is 1. The number of nitroso groups, excluding NO2 is 1. The minimum Gasteiger partial charge on any atom is -0.477 e. The second-order valence-corrected chi connectivity index (χ2v) is 9.90. The van der Waals surface area contributed by atoms with Gasteiger partial charge in [-0.2, -0.15) is 0 Å². The number of hydrogen-bond acceptors (Lipinski definition) is 10. The monoisotopic (exact) mass is 530 g/mol. The van der Waals surface area contributed by atoms with Crippen molar-refractivity contribution in [1.82, 2.24) is 20.2 Å². The molecule has 1 saturated heterocycles. The highest BCUT2D eigenvalue weighted by Crippen LogP contribution is 2.44. The number of anilines is 1. The van der Waals surface area contributed by atoms with E-state index in [0.29, 0.717) is 18.0 Å². The molecule has 4 N–H and O–H groups in total. The number of fused-ring (bicyclic) bond motifs is 1. The zero-order valence-electron chi connectivity index (χ0n) is 16.7. The van der Waals surface area contributed by atoms with E-state index in [9.17, 15) is 33.2 Å². The molecule has 0 aromatic carbocycles. The lowest BCUT2D eigenvalue weighted by Crippen LogP contribution is -2.71. The van der Waals surface area contributed by atoms with Gasteiger partial charge >= 0.3 is 5.97 Å². The summed E-state index contributed by atoms with van der Waals surface area (Å²) in [5, 5.41) is 14.8. The first-order valence-corrected chi connectivity index (χ1v) is 11.5. The molecule has 2 aliphatic heterocycles. The standard InChI is InChI=1S/C18H13ClF2N6O5S2/c19-14-11(25-18(22)34-14)12(26-32)15(28)24-10-6-1-2-7(13(17(30)31)27(6)16(10)29)33-8-4-23-3-5(20)9(8)21/h3-4,6,10,12H,1-2H2,(H2,22,25)(H,24,28)(H,30,31)/t6?,10-,12?/m0/s1. The van der Waals surface area contributed by atoms with Crippen LogP contribution in [0.15, 0.2) is 33.1 Å². The normalized spacial score (nSPS) is 20.4. The molecule has 2 amide bonds. The van der Waals surface area contributed by atoms with E-state index >= 15 is 0 Å². The van der Waals surface area contributed by atoms with Crippen LogP contribution in [0, 0.1) is 16.5 Å². The van der Waals surface area contributed by atoms with Crippen LogP contribution >= 0.6 is 34.7 Å². The van der Waals surface area contributed by atoms with Crippen molar-refractivity contribution in [2.24, 2.45) is 5.18 Å². The number of carboxylic acids is 1. The Bertz CT molecular complexity index is 1260. The van der Waals surface area contributed by atoms with Gasteiger partial charge in [0.1, 0.15) is 21.8 Å². The van der Waals surface area contributed by atoms with Crippen molar-refractivity contribution in [3.8, 4) is 0 Å². The third-order valence-corrected chi connectivity index (χ3v) is 7.43. The molecule has 0 spiro atoms. The maximum absolute atomic E-state index is 14.0. The predicted molar refractivity (Wildman–Crippen MR) is 117 cm³/mol. The van der Waals surface area contributed by atoms with Crippen molar-refractivity contribution in [3.05, 3.63) is 49.6 Å². The van der Waals surface area contributed by atoms with Crippen LogP contribution in [0.4, 0.5) is 13.9 Å². The Balaban J connectivity index is 1.55. The first kappa shape index (κ1) is 24.0. The molecule has 11 nitrogen and oxygen atoms in total. The van der Waals surface area contributed by atoms with Crippen LogP contribution in [0.25, 0.3) is 0 Å². The van der Waals surface area contributed by atoms with Crippen molar-refractivity contribution in [3.63, 3.8) is 0 Å². The van der Waals surface area contributed by atoms with E-state index < -0.39 is 53.2 Å². The fraction of sp³-hybridized carbons (Fsp3) is 0.278. The average Bonchev–Trinajstić information content (AvgIpc) is 3.12. The lowest BCUT2D eigenvalue weighted by molar-refractivity contribution is -0.156. The van der Waals surface area contributed by atoms with Crippen molar-refractivity contribution < 1.29 is 28.3 Å². The molecule has 3 atom stereocenters. The number of carbonyl (C=O) groups excluding carboxylic acids is 2. The van der Waals surface area contributed by atoms with Gasteiger partial charge in [0.05, 0.1) is 17.1 Å². The summed E-state index contributed by atoms with van der Waals surface area (Å²) >= 11 is 7.44. The Kier molecular flexibility index (Phi) is 6.51. The quantitative estimate of drug-likeness (QED) is 0.359. The Labute approximate surface area is 202 Å². The summed E-state index contributed by atoms with van der Waals surface area (Å²) in [6.07, 6.45) is 2.05. The molecule has 1 fully saturated rings. The SMILES string of the molecule is Nc1nc(C(N=O)C(=O)N[C@@H]2C(=O)N3C(C(=O)O)=C(Sc4cncc(F)c4F)CCC23)c(Cl)s1. The summed E-state index contributed by atoms with van der Waals surface area (Å²) in [4.78, 5) is 56.8. The van der Waals surface area contributed by atoms with Crippen LogP contribution in [-0.4, -0.2) is 49.8 Å². The molecule has 0 saturated carbocycles. The molecular weight excluding hydrogens is 518 g/mol. The fourth-order valence-corrected chi connectivity index (χ4v) is 5.73. The van der Waals surface area contributed by atoms with E-state index in [1.165, 1.54) is 0 Å². The lowest BCUT2D eigenvalue weighted by atomic mass is 9.86. The number of carboxylic acid groups (broad SMARTS) is 1. The first-order valence-electron chi connectivity index (χ1n) is 9.45. The fourth-order valence-electron chi connectivity index (χ4n) is 3.69. The van der Waals surface area contributed by atoms with Gasteiger partial charge < -0.3 is 16.2 Å². The summed E-state index contributed by atoms with van der Waals surface area (Å²) in [6.45, 7) is 0. The number of halogens is 3. The number of hydrogen-bond donors (Lipinski definition) is 3. The van der Waals surface area contributed by atoms with Crippen LogP contribution in [0.1, 0.15) is 24.6 Å². The summed E-state index contributed by atoms with van der Waals surface area (Å²) < 4.78 is 27.5. The van der Waals surface area contributed by atoms with Gasteiger partial charge in [0.15, 0.2) is 16.8 Å². The Morgan fingerprint density at radius 2 is 2.15 bits per heavy atom. The zero-order chi connectivity index (χ0) is 24.7. The predicted octanol–water partition coefficient (Wildman–Crippen LogP) is 2.44. The Morgan fingerprint density at radius 3 is 2.76 bits per heavy atom. The maximum Gasteiger partial charge on any atom is 0.353 e. The van der Waals surface area contributed by atoms with Crippen LogP contribution in [-0.2, 0) is 14.4 Å². The first-order chi connectivity index (χ1) is 16.1. The largest absolute Gasteiger partial charge is 0.477 e. The van der Waals surface area contributed by atoms with E-state index in [-0.39, 0.29) is 37.8 Å². The summed E-state index contributed by atoms with van der Waals surface area (Å²) in [7, 11) is 0. The number of allylic oxidation sites excluding steroid dienone is 1. The maximum atomic E-state index is 14.0. The molecule has 0 radical (unpaired) electrons. The molecule has 2 unspecified atom stereocenters. The number of nitrogens with zero attached hydrogens (tertiary/aromatic N) is 4. The molecule has 0 bridgehead atoms. The van der Waals surface area contributed by atoms with Crippen LogP contribution in [0.3, 0.4) is 0 Å². The number of rotatable bonds is 7. The number of amides is 2. The lowest BCUT2D eigenvalue weighted by Gasteiger charge is -2.50. The molecule has 34 heavy (non-hydrogen) atoms. The second-order valence-electron chi connectivity index (χ2n) is 7.13. The minimum absolute atomic E-state index is 0.00619. The number of nitrogen functional groups attached to an aromatic ring is 1. The number of thiazole rings is 1. The van der Waals surface area contributed by atoms with Gasteiger partial charge in [-0.1, -0.05) is 34.7 Å². The van der Waals surface area contributed by atoms with E-state index in [2.05, 4.69) is 20.5 Å². The number of carbonyl (C=O) groups is 3.